The minimum Gasteiger partial charge on any atom is -0.341 e. The molecule has 2 saturated heterocycles. The van der Waals surface area contributed by atoms with Crippen LogP contribution in [0, 0.1) is 0 Å². The molecule has 6 nitrogen and oxygen atoms in total. The SMILES string of the molecule is O=C(CN1C(=O)S/C(=C/c2ccncc2)C1=O)N1CCCCC1. The lowest BCUT2D eigenvalue weighted by Gasteiger charge is -2.27. The van der Waals surface area contributed by atoms with Crippen molar-refractivity contribution in [2.45, 2.75) is 19.3 Å². The Morgan fingerprint density at radius 2 is 1.87 bits per heavy atom. The molecule has 0 bridgehead atoms. The van der Waals surface area contributed by atoms with Gasteiger partial charge in [0.05, 0.1) is 4.91 Å². The zero-order chi connectivity index (χ0) is 16.2. The first-order chi connectivity index (χ1) is 11.1. The summed E-state index contributed by atoms with van der Waals surface area (Å²) in [6.07, 6.45) is 7.98. The van der Waals surface area contributed by atoms with Crippen LogP contribution in [-0.2, 0) is 9.59 Å². The summed E-state index contributed by atoms with van der Waals surface area (Å²) in [4.78, 5) is 43.7. The molecule has 0 radical (unpaired) electrons. The molecule has 3 amide bonds. The average molecular weight is 331 g/mol. The number of carbonyl (C=O) groups is 3. The molecule has 3 rings (SSSR count). The molecule has 2 aliphatic heterocycles. The van der Waals surface area contributed by atoms with Crippen LogP contribution in [0.1, 0.15) is 24.8 Å². The third-order valence-electron chi connectivity index (χ3n) is 3.88. The zero-order valence-electron chi connectivity index (χ0n) is 12.6. The molecule has 2 fully saturated rings. The summed E-state index contributed by atoms with van der Waals surface area (Å²) in [6.45, 7) is 1.25. The summed E-state index contributed by atoms with van der Waals surface area (Å²) in [5.74, 6) is -0.556. The van der Waals surface area contributed by atoms with Gasteiger partial charge in [0.2, 0.25) is 5.91 Å². The second-order valence-corrected chi connectivity index (χ2v) is 6.48. The van der Waals surface area contributed by atoms with Crippen LogP contribution >= 0.6 is 11.8 Å². The van der Waals surface area contributed by atoms with Gasteiger partial charge in [0, 0.05) is 25.5 Å². The summed E-state index contributed by atoms with van der Waals surface area (Å²) >= 11 is 0.873. The Morgan fingerprint density at radius 1 is 1.17 bits per heavy atom. The van der Waals surface area contributed by atoms with Gasteiger partial charge in [-0.15, -0.1) is 0 Å². The Balaban J connectivity index is 1.69. The maximum absolute atomic E-state index is 12.4. The van der Waals surface area contributed by atoms with Gasteiger partial charge in [0.1, 0.15) is 6.54 Å². The predicted molar refractivity (Wildman–Crippen MR) is 87.3 cm³/mol. The van der Waals surface area contributed by atoms with Gasteiger partial charge in [-0.3, -0.25) is 24.3 Å². The first kappa shape index (κ1) is 15.7. The van der Waals surface area contributed by atoms with E-state index in [1.165, 1.54) is 0 Å². The lowest BCUT2D eigenvalue weighted by atomic mass is 10.1. The number of nitrogens with zero attached hydrogens (tertiary/aromatic N) is 3. The van der Waals surface area contributed by atoms with E-state index in [-0.39, 0.29) is 17.7 Å². The number of imide groups is 1. The molecule has 1 aromatic heterocycles. The van der Waals surface area contributed by atoms with E-state index in [4.69, 9.17) is 0 Å². The minimum absolute atomic E-state index is 0.155. The molecule has 0 spiro atoms. The van der Waals surface area contributed by atoms with Gasteiger partial charge >= 0.3 is 0 Å². The fourth-order valence-corrected chi connectivity index (χ4v) is 3.46. The highest BCUT2D eigenvalue weighted by Crippen LogP contribution is 2.32. The van der Waals surface area contributed by atoms with Crippen LogP contribution in [0.5, 0.6) is 0 Å². The topological polar surface area (TPSA) is 70.6 Å². The molecular formula is C16H17N3O3S. The highest BCUT2D eigenvalue weighted by atomic mass is 32.2. The van der Waals surface area contributed by atoms with Crippen molar-refractivity contribution < 1.29 is 14.4 Å². The van der Waals surface area contributed by atoms with Crippen molar-refractivity contribution in [2.75, 3.05) is 19.6 Å². The van der Waals surface area contributed by atoms with Gasteiger partial charge in [0.25, 0.3) is 11.1 Å². The molecule has 120 valence electrons. The van der Waals surface area contributed by atoms with E-state index in [2.05, 4.69) is 4.98 Å². The number of thioether (sulfide) groups is 1. The highest BCUT2D eigenvalue weighted by molar-refractivity contribution is 8.18. The van der Waals surface area contributed by atoms with E-state index in [1.54, 1.807) is 35.5 Å². The second-order valence-electron chi connectivity index (χ2n) is 5.49. The maximum Gasteiger partial charge on any atom is 0.294 e. The maximum atomic E-state index is 12.4. The fraction of sp³-hybridized carbons (Fsp3) is 0.375. The third-order valence-corrected chi connectivity index (χ3v) is 4.79. The van der Waals surface area contributed by atoms with E-state index < -0.39 is 5.91 Å². The van der Waals surface area contributed by atoms with Crippen molar-refractivity contribution in [1.82, 2.24) is 14.8 Å². The number of likely N-dealkylation sites (tertiary alicyclic amines) is 1. The minimum atomic E-state index is -0.401. The average Bonchev–Trinajstić information content (AvgIpc) is 2.84. The molecule has 3 heterocycles. The first-order valence-corrected chi connectivity index (χ1v) is 8.40. The zero-order valence-corrected chi connectivity index (χ0v) is 13.4. The number of carbonyl (C=O) groups excluding carboxylic acids is 3. The molecule has 1 aromatic rings. The summed E-state index contributed by atoms with van der Waals surface area (Å²) in [6, 6.07) is 3.51. The predicted octanol–water partition coefficient (Wildman–Crippen LogP) is 2.13. The van der Waals surface area contributed by atoms with E-state index in [0.29, 0.717) is 18.0 Å². The van der Waals surface area contributed by atoms with Crippen molar-refractivity contribution in [2.24, 2.45) is 0 Å². The molecule has 2 aliphatic rings. The number of pyridine rings is 1. The normalized spacial score (nSPS) is 20.4. The van der Waals surface area contributed by atoms with E-state index in [9.17, 15) is 14.4 Å². The van der Waals surface area contributed by atoms with Crippen LogP contribution in [-0.4, -0.2) is 51.5 Å². The van der Waals surface area contributed by atoms with Crippen molar-refractivity contribution in [3.63, 3.8) is 0 Å². The molecule has 0 unspecified atom stereocenters. The molecule has 7 heteroatoms. The molecule has 0 saturated carbocycles. The van der Waals surface area contributed by atoms with E-state index >= 15 is 0 Å². The number of aromatic nitrogens is 1. The summed E-state index contributed by atoms with van der Waals surface area (Å²) < 4.78 is 0. The molecule has 0 atom stereocenters. The van der Waals surface area contributed by atoms with E-state index in [0.717, 1.165) is 41.5 Å². The van der Waals surface area contributed by atoms with Gasteiger partial charge in [-0.1, -0.05) is 0 Å². The Bertz CT molecular complexity index is 654. The van der Waals surface area contributed by atoms with Gasteiger partial charge in [-0.2, -0.15) is 0 Å². The molecule has 0 aromatic carbocycles. The van der Waals surface area contributed by atoms with Crippen LogP contribution in [0.15, 0.2) is 29.4 Å². The Hall–Kier alpha value is -2.15. The number of rotatable bonds is 3. The van der Waals surface area contributed by atoms with Crippen LogP contribution in [0.2, 0.25) is 0 Å². The van der Waals surface area contributed by atoms with Gasteiger partial charge in [0.15, 0.2) is 0 Å². The number of piperidine rings is 1. The Labute approximate surface area is 138 Å². The number of amides is 3. The van der Waals surface area contributed by atoms with Crippen LogP contribution in [0.3, 0.4) is 0 Å². The van der Waals surface area contributed by atoms with Crippen molar-refractivity contribution in [3.8, 4) is 0 Å². The molecule has 23 heavy (non-hydrogen) atoms. The smallest absolute Gasteiger partial charge is 0.294 e. The number of hydrogen-bond donors (Lipinski definition) is 0. The Morgan fingerprint density at radius 3 is 2.57 bits per heavy atom. The van der Waals surface area contributed by atoms with Crippen LogP contribution in [0.4, 0.5) is 4.79 Å². The quantitative estimate of drug-likeness (QED) is 0.794. The second kappa shape index (κ2) is 6.95. The fourth-order valence-electron chi connectivity index (χ4n) is 2.63. The van der Waals surface area contributed by atoms with Gasteiger partial charge in [-0.05, 0) is 54.8 Å². The molecular weight excluding hydrogens is 314 g/mol. The molecule has 0 aliphatic carbocycles. The lowest BCUT2D eigenvalue weighted by Crippen LogP contribution is -2.44. The summed E-state index contributed by atoms with van der Waals surface area (Å²) in [5, 5.41) is -0.388. The van der Waals surface area contributed by atoms with Crippen LogP contribution in [0.25, 0.3) is 6.08 Å². The van der Waals surface area contributed by atoms with E-state index in [1.807, 2.05) is 0 Å². The van der Waals surface area contributed by atoms with Crippen molar-refractivity contribution in [3.05, 3.63) is 35.0 Å². The molecule has 0 N–H and O–H groups in total. The monoisotopic (exact) mass is 331 g/mol. The summed E-state index contributed by atoms with van der Waals surface area (Å²) in [7, 11) is 0. The summed E-state index contributed by atoms with van der Waals surface area (Å²) in [5.41, 5.74) is 0.799. The highest BCUT2D eigenvalue weighted by Gasteiger charge is 2.37. The van der Waals surface area contributed by atoms with Gasteiger partial charge < -0.3 is 4.90 Å². The largest absolute Gasteiger partial charge is 0.341 e. The standard InChI is InChI=1S/C16H17N3O3S/c20-14(18-8-2-1-3-9-18)11-19-15(21)13(23-16(19)22)10-12-4-6-17-7-5-12/h4-7,10H,1-3,8-9,11H2/b13-10+. The number of hydrogen-bond acceptors (Lipinski definition) is 5. The van der Waals surface area contributed by atoms with Crippen molar-refractivity contribution in [1.29, 1.82) is 0 Å². The van der Waals surface area contributed by atoms with Crippen molar-refractivity contribution >= 4 is 34.9 Å². The first-order valence-electron chi connectivity index (χ1n) is 7.58. The lowest BCUT2D eigenvalue weighted by molar-refractivity contribution is -0.136. The Kier molecular flexibility index (Phi) is 4.76. The van der Waals surface area contributed by atoms with Crippen LogP contribution < -0.4 is 0 Å². The third kappa shape index (κ3) is 3.61. The van der Waals surface area contributed by atoms with Gasteiger partial charge in [-0.25, -0.2) is 0 Å².